The number of benzene rings is 1. The Labute approximate surface area is 126 Å². The number of unbranched alkanes of at least 4 members (excludes halogenated alkanes) is 1. The highest BCUT2D eigenvalue weighted by Crippen LogP contribution is 2.21. The van der Waals surface area contributed by atoms with Gasteiger partial charge in [0, 0.05) is 32.3 Å². The first-order chi connectivity index (χ1) is 9.99. The van der Waals surface area contributed by atoms with Crippen molar-refractivity contribution in [2.24, 2.45) is 0 Å². The zero-order chi connectivity index (χ0) is 15.8. The summed E-state index contributed by atoms with van der Waals surface area (Å²) in [5, 5.41) is 0. The second kappa shape index (κ2) is 8.29. The van der Waals surface area contributed by atoms with Crippen LogP contribution in [0.2, 0.25) is 0 Å². The predicted octanol–water partition coefficient (Wildman–Crippen LogP) is 2.31. The summed E-state index contributed by atoms with van der Waals surface area (Å²) in [6.45, 7) is 4.29. The number of rotatable bonds is 7. The minimum Gasteiger partial charge on any atom is -0.497 e. The Kier molecular flexibility index (Phi) is 6.72. The third kappa shape index (κ3) is 5.10. The largest absolute Gasteiger partial charge is 0.497 e. The average Bonchev–Trinajstić information content (AvgIpc) is 2.49. The molecule has 0 radical (unpaired) electrons. The lowest BCUT2D eigenvalue weighted by Crippen LogP contribution is -2.41. The average molecular weight is 292 g/mol. The van der Waals surface area contributed by atoms with E-state index in [9.17, 15) is 9.59 Å². The van der Waals surface area contributed by atoms with Crippen LogP contribution in [0.3, 0.4) is 0 Å². The quantitative estimate of drug-likeness (QED) is 0.775. The van der Waals surface area contributed by atoms with Crippen molar-refractivity contribution in [1.82, 2.24) is 4.90 Å². The van der Waals surface area contributed by atoms with Gasteiger partial charge in [0.2, 0.25) is 11.8 Å². The van der Waals surface area contributed by atoms with Gasteiger partial charge in [-0.2, -0.15) is 0 Å². The van der Waals surface area contributed by atoms with Crippen molar-refractivity contribution in [1.29, 1.82) is 0 Å². The molecular weight excluding hydrogens is 268 g/mol. The van der Waals surface area contributed by atoms with E-state index in [1.54, 1.807) is 43.3 Å². The molecule has 21 heavy (non-hydrogen) atoms. The Morgan fingerprint density at radius 2 is 2.00 bits per heavy atom. The summed E-state index contributed by atoms with van der Waals surface area (Å²) in [7, 11) is 3.34. The Hall–Kier alpha value is -2.04. The second-order valence-corrected chi connectivity index (χ2v) is 4.98. The zero-order valence-electron chi connectivity index (χ0n) is 13.3. The molecule has 1 rings (SSSR count). The normalized spacial score (nSPS) is 10.1. The summed E-state index contributed by atoms with van der Waals surface area (Å²) in [5.41, 5.74) is 0.666. The van der Waals surface area contributed by atoms with Crippen LogP contribution in [-0.4, -0.2) is 44.0 Å². The second-order valence-electron chi connectivity index (χ2n) is 4.98. The number of nitrogens with zero attached hydrogens (tertiary/aromatic N) is 2. The fourth-order valence-corrected chi connectivity index (χ4v) is 1.94. The van der Waals surface area contributed by atoms with Crippen LogP contribution in [0.5, 0.6) is 5.75 Å². The fraction of sp³-hybridized carbons (Fsp3) is 0.500. The molecule has 0 spiro atoms. The van der Waals surface area contributed by atoms with Gasteiger partial charge < -0.3 is 14.5 Å². The molecule has 5 heteroatoms. The number of ether oxygens (including phenoxy) is 1. The van der Waals surface area contributed by atoms with Gasteiger partial charge in [0.15, 0.2) is 0 Å². The third-order valence-electron chi connectivity index (χ3n) is 3.31. The molecule has 0 heterocycles. The molecule has 0 saturated heterocycles. The Morgan fingerprint density at radius 1 is 1.29 bits per heavy atom. The summed E-state index contributed by atoms with van der Waals surface area (Å²) in [5.74, 6) is 0.424. The van der Waals surface area contributed by atoms with Crippen molar-refractivity contribution in [3.8, 4) is 5.75 Å². The maximum Gasteiger partial charge on any atom is 0.242 e. The summed E-state index contributed by atoms with van der Waals surface area (Å²) >= 11 is 0. The first kappa shape index (κ1) is 17.0. The molecule has 0 atom stereocenters. The molecule has 0 unspecified atom stereocenters. The van der Waals surface area contributed by atoms with Crippen molar-refractivity contribution >= 4 is 17.5 Å². The maximum atomic E-state index is 12.2. The highest BCUT2D eigenvalue weighted by Gasteiger charge is 2.18. The Bertz CT molecular complexity index is 488. The molecular formula is C16H24N2O3. The molecule has 0 saturated carbocycles. The molecule has 0 aliphatic heterocycles. The smallest absolute Gasteiger partial charge is 0.242 e. The number of likely N-dealkylation sites (N-methyl/N-ethyl adjacent to an activating group) is 1. The first-order valence-electron chi connectivity index (χ1n) is 7.15. The van der Waals surface area contributed by atoms with Crippen LogP contribution in [0.1, 0.15) is 26.7 Å². The molecule has 1 aromatic carbocycles. The first-order valence-corrected chi connectivity index (χ1v) is 7.15. The number of anilines is 1. The predicted molar refractivity (Wildman–Crippen MR) is 83.6 cm³/mol. The number of hydrogen-bond acceptors (Lipinski definition) is 3. The topological polar surface area (TPSA) is 49.9 Å². The van der Waals surface area contributed by atoms with Gasteiger partial charge in [-0.1, -0.05) is 19.4 Å². The minimum atomic E-state index is -0.166. The summed E-state index contributed by atoms with van der Waals surface area (Å²) in [4.78, 5) is 27.2. The number of carbonyl (C=O) groups excluding carboxylic acids is 2. The molecule has 0 N–H and O–H groups in total. The van der Waals surface area contributed by atoms with Gasteiger partial charge >= 0.3 is 0 Å². The Morgan fingerprint density at radius 3 is 2.57 bits per heavy atom. The van der Waals surface area contributed by atoms with E-state index in [2.05, 4.69) is 6.92 Å². The van der Waals surface area contributed by atoms with Crippen LogP contribution in [0.4, 0.5) is 5.69 Å². The fourth-order valence-electron chi connectivity index (χ4n) is 1.94. The highest BCUT2D eigenvalue weighted by molar-refractivity contribution is 5.97. The lowest BCUT2D eigenvalue weighted by atomic mass is 10.2. The molecule has 116 valence electrons. The van der Waals surface area contributed by atoms with E-state index in [0.717, 1.165) is 12.8 Å². The van der Waals surface area contributed by atoms with E-state index in [4.69, 9.17) is 4.74 Å². The summed E-state index contributed by atoms with van der Waals surface area (Å²) in [6.07, 6.45) is 1.99. The van der Waals surface area contributed by atoms with Crippen molar-refractivity contribution in [3.63, 3.8) is 0 Å². The Balaban J connectivity index is 2.82. The van der Waals surface area contributed by atoms with E-state index in [-0.39, 0.29) is 18.4 Å². The molecule has 0 aromatic heterocycles. The lowest BCUT2D eigenvalue weighted by Gasteiger charge is -2.24. The van der Waals surface area contributed by atoms with Crippen LogP contribution in [0.15, 0.2) is 24.3 Å². The van der Waals surface area contributed by atoms with Crippen molar-refractivity contribution in [2.75, 3.05) is 32.1 Å². The van der Waals surface area contributed by atoms with Gasteiger partial charge in [-0.25, -0.2) is 0 Å². The van der Waals surface area contributed by atoms with E-state index in [0.29, 0.717) is 18.0 Å². The van der Waals surface area contributed by atoms with Gasteiger partial charge in [-0.15, -0.1) is 0 Å². The number of carbonyl (C=O) groups is 2. The van der Waals surface area contributed by atoms with Crippen LogP contribution in [-0.2, 0) is 9.59 Å². The zero-order valence-corrected chi connectivity index (χ0v) is 13.3. The number of methoxy groups -OCH3 is 1. The molecule has 2 amide bonds. The van der Waals surface area contributed by atoms with E-state index < -0.39 is 0 Å². The van der Waals surface area contributed by atoms with Gasteiger partial charge in [-0.3, -0.25) is 9.59 Å². The molecule has 0 bridgehead atoms. The van der Waals surface area contributed by atoms with Crippen molar-refractivity contribution in [2.45, 2.75) is 26.7 Å². The minimum absolute atomic E-state index is 0.0444. The van der Waals surface area contributed by atoms with E-state index in [1.165, 1.54) is 11.8 Å². The molecule has 1 aromatic rings. The molecule has 5 nitrogen and oxygen atoms in total. The van der Waals surface area contributed by atoms with E-state index >= 15 is 0 Å². The highest BCUT2D eigenvalue weighted by atomic mass is 16.5. The van der Waals surface area contributed by atoms with Gasteiger partial charge in [0.25, 0.3) is 0 Å². The van der Waals surface area contributed by atoms with E-state index in [1.807, 2.05) is 0 Å². The monoisotopic (exact) mass is 292 g/mol. The molecule has 0 fully saturated rings. The lowest BCUT2D eigenvalue weighted by molar-refractivity contribution is -0.130. The van der Waals surface area contributed by atoms with Gasteiger partial charge in [0.05, 0.1) is 7.11 Å². The van der Waals surface area contributed by atoms with Crippen LogP contribution < -0.4 is 9.64 Å². The van der Waals surface area contributed by atoms with Gasteiger partial charge in [0.1, 0.15) is 12.3 Å². The summed E-state index contributed by atoms with van der Waals surface area (Å²) < 4.78 is 5.16. The third-order valence-corrected chi connectivity index (χ3v) is 3.31. The molecule has 0 aliphatic rings. The summed E-state index contributed by atoms with van der Waals surface area (Å²) in [6, 6.07) is 7.15. The molecule has 0 aliphatic carbocycles. The number of amides is 2. The standard InChI is InChI=1S/C16H24N2O3/c1-5-6-10-17(3)16(20)12-18(13(2)19)14-8-7-9-15(11-14)21-4/h7-9,11H,5-6,10,12H2,1-4H3. The van der Waals surface area contributed by atoms with Crippen LogP contribution in [0, 0.1) is 0 Å². The number of hydrogen-bond donors (Lipinski definition) is 0. The van der Waals surface area contributed by atoms with Gasteiger partial charge in [-0.05, 0) is 18.6 Å². The van der Waals surface area contributed by atoms with Crippen molar-refractivity contribution < 1.29 is 14.3 Å². The SMILES string of the molecule is CCCCN(C)C(=O)CN(C(C)=O)c1cccc(OC)c1. The van der Waals surface area contributed by atoms with Crippen molar-refractivity contribution in [3.05, 3.63) is 24.3 Å². The maximum absolute atomic E-state index is 12.2. The van der Waals surface area contributed by atoms with Crippen LogP contribution in [0.25, 0.3) is 0 Å². The van der Waals surface area contributed by atoms with Crippen LogP contribution >= 0.6 is 0 Å².